The molecule has 0 radical (unpaired) electrons. The van der Waals surface area contributed by atoms with Gasteiger partial charge in [-0.25, -0.2) is 8.78 Å². The topological polar surface area (TPSA) is 98.7 Å². The Morgan fingerprint density at radius 3 is 2.69 bits per heavy atom. The van der Waals surface area contributed by atoms with Crippen LogP contribution in [0, 0.1) is 11.6 Å². The fraction of sp³-hybridized carbons (Fsp3) is 0.333. The number of hydrogen-bond donors (Lipinski definition) is 2. The molecule has 0 spiro atoms. The molecule has 2 N–H and O–H groups in total. The van der Waals surface area contributed by atoms with Gasteiger partial charge in [0.25, 0.3) is 6.01 Å². The third kappa shape index (κ3) is 3.79. The maximum absolute atomic E-state index is 14.2. The van der Waals surface area contributed by atoms with E-state index in [0.29, 0.717) is 11.1 Å². The number of imidazole rings is 1. The molecule has 0 aliphatic carbocycles. The van der Waals surface area contributed by atoms with Gasteiger partial charge in [-0.15, -0.1) is 0 Å². The summed E-state index contributed by atoms with van der Waals surface area (Å²) in [5.74, 6) is -1.55. The molecule has 2 aliphatic heterocycles. The highest BCUT2D eigenvalue weighted by Crippen LogP contribution is 2.31. The molecule has 4 atom stereocenters. The van der Waals surface area contributed by atoms with Gasteiger partial charge in [0, 0.05) is 0 Å². The average Bonchev–Trinajstić information content (AvgIpc) is 3.44. The van der Waals surface area contributed by atoms with Crippen LogP contribution < -0.4 is 9.47 Å². The molecular formula is C21H18ClF2N3O5. The van der Waals surface area contributed by atoms with E-state index in [9.17, 15) is 13.9 Å². The number of benzene rings is 1. The molecule has 11 heteroatoms. The Morgan fingerprint density at radius 2 is 1.94 bits per heavy atom. The molecule has 0 bridgehead atoms. The predicted octanol–water partition coefficient (Wildman–Crippen LogP) is 3.02. The number of pyridine rings is 1. The number of aromatic amines is 1. The summed E-state index contributed by atoms with van der Waals surface area (Å²) in [5, 5.41) is 9.96. The van der Waals surface area contributed by atoms with Gasteiger partial charge in [0.15, 0.2) is 11.8 Å². The zero-order valence-corrected chi connectivity index (χ0v) is 17.3. The monoisotopic (exact) mass is 465 g/mol. The van der Waals surface area contributed by atoms with E-state index < -0.39 is 42.7 Å². The molecule has 1 aromatic carbocycles. The Balaban J connectivity index is 1.32. The van der Waals surface area contributed by atoms with Gasteiger partial charge in [0.1, 0.15) is 41.6 Å². The molecule has 5 rings (SSSR count). The van der Waals surface area contributed by atoms with Crippen molar-refractivity contribution < 1.29 is 32.8 Å². The zero-order valence-electron chi connectivity index (χ0n) is 16.6. The second kappa shape index (κ2) is 8.28. The fourth-order valence-corrected chi connectivity index (χ4v) is 3.95. The molecule has 32 heavy (non-hydrogen) atoms. The summed E-state index contributed by atoms with van der Waals surface area (Å²) in [5.41, 5.74) is 0.786. The van der Waals surface area contributed by atoms with Crippen molar-refractivity contribution >= 4 is 28.8 Å². The Labute approximate surface area is 185 Å². The first-order valence-electron chi connectivity index (χ1n) is 9.80. The van der Waals surface area contributed by atoms with Crippen LogP contribution in [0.15, 0.2) is 24.8 Å². The van der Waals surface area contributed by atoms with E-state index in [1.54, 1.807) is 0 Å². The van der Waals surface area contributed by atoms with E-state index in [4.69, 9.17) is 30.5 Å². The number of rotatable bonds is 6. The van der Waals surface area contributed by atoms with E-state index in [-0.39, 0.29) is 41.3 Å². The quantitative estimate of drug-likeness (QED) is 0.577. The second-order valence-electron chi connectivity index (χ2n) is 7.46. The molecule has 2 unspecified atom stereocenters. The van der Waals surface area contributed by atoms with Crippen molar-refractivity contribution in [3.63, 3.8) is 0 Å². The van der Waals surface area contributed by atoms with Crippen LogP contribution in [0.25, 0.3) is 17.2 Å². The van der Waals surface area contributed by atoms with Gasteiger partial charge in [-0.2, -0.15) is 9.97 Å². The summed E-state index contributed by atoms with van der Waals surface area (Å²) in [4.78, 5) is 11.4. The van der Waals surface area contributed by atoms with E-state index in [2.05, 4.69) is 21.5 Å². The number of hydrogen-bond acceptors (Lipinski definition) is 7. The Morgan fingerprint density at radius 1 is 1.19 bits per heavy atom. The first kappa shape index (κ1) is 21.1. The number of halogens is 3. The van der Waals surface area contributed by atoms with Gasteiger partial charge >= 0.3 is 0 Å². The standard InChI is InChI=1S/C21H18ClF2N3O5/c1-2-9-3-12(23)10(13(24)4-9)6-31-20-11(22)5-14-19(26-20)27-21(25-14)32-16-8-30-17-15(28)7-29-18(16)17/h2-5,15-18,28H,1,6-8H2,(H,25,26,27)/t15-,16-,17?,18?/m1/s1. The molecule has 0 saturated carbocycles. The Kier molecular flexibility index (Phi) is 5.46. The van der Waals surface area contributed by atoms with Crippen LogP contribution in [-0.4, -0.2) is 57.7 Å². The SMILES string of the molecule is C=Cc1cc(F)c(COc2nc3nc(O[C@@H]4COC5C4OC[C@H]5O)[nH]c3cc2Cl)c(F)c1. The molecule has 2 aromatic heterocycles. The number of aliphatic hydroxyl groups is 1. The summed E-state index contributed by atoms with van der Waals surface area (Å²) in [6.45, 7) is 3.51. The van der Waals surface area contributed by atoms with Crippen LogP contribution in [-0.2, 0) is 16.1 Å². The van der Waals surface area contributed by atoms with Crippen LogP contribution in [0.2, 0.25) is 5.02 Å². The van der Waals surface area contributed by atoms with Gasteiger partial charge < -0.3 is 29.0 Å². The number of aliphatic hydroxyl groups excluding tert-OH is 1. The third-order valence-electron chi connectivity index (χ3n) is 5.37. The van der Waals surface area contributed by atoms with Gasteiger partial charge in [-0.3, -0.25) is 0 Å². The first-order valence-corrected chi connectivity index (χ1v) is 10.2. The minimum Gasteiger partial charge on any atom is -0.471 e. The average molecular weight is 466 g/mol. The van der Waals surface area contributed by atoms with Gasteiger partial charge in [-0.05, 0) is 23.8 Å². The van der Waals surface area contributed by atoms with Crippen LogP contribution in [0.3, 0.4) is 0 Å². The largest absolute Gasteiger partial charge is 0.471 e. The predicted molar refractivity (Wildman–Crippen MR) is 110 cm³/mol. The van der Waals surface area contributed by atoms with Crippen LogP contribution in [0.4, 0.5) is 8.78 Å². The minimum atomic E-state index is -0.760. The van der Waals surface area contributed by atoms with Gasteiger partial charge in [0.2, 0.25) is 5.88 Å². The van der Waals surface area contributed by atoms with Crippen molar-refractivity contribution in [2.75, 3.05) is 13.2 Å². The zero-order chi connectivity index (χ0) is 22.4. The van der Waals surface area contributed by atoms with Gasteiger partial charge in [0.05, 0.1) is 24.3 Å². The highest BCUT2D eigenvalue weighted by Gasteiger charge is 2.48. The maximum atomic E-state index is 14.2. The lowest BCUT2D eigenvalue weighted by Crippen LogP contribution is -2.34. The van der Waals surface area contributed by atoms with E-state index in [1.165, 1.54) is 12.1 Å². The van der Waals surface area contributed by atoms with Crippen molar-refractivity contribution in [3.05, 3.63) is 52.6 Å². The summed E-state index contributed by atoms with van der Waals surface area (Å²) < 4.78 is 50.7. The number of H-pyrrole nitrogens is 1. The summed E-state index contributed by atoms with van der Waals surface area (Å²) in [6.07, 6.45) is -0.621. The number of fused-ring (bicyclic) bond motifs is 2. The van der Waals surface area contributed by atoms with E-state index in [0.717, 1.165) is 12.1 Å². The lowest BCUT2D eigenvalue weighted by molar-refractivity contribution is 0.00706. The van der Waals surface area contributed by atoms with Crippen LogP contribution in [0.5, 0.6) is 11.9 Å². The van der Waals surface area contributed by atoms with Crippen molar-refractivity contribution in [2.24, 2.45) is 0 Å². The molecular weight excluding hydrogens is 448 g/mol. The number of ether oxygens (including phenoxy) is 4. The summed E-state index contributed by atoms with van der Waals surface area (Å²) in [7, 11) is 0. The number of nitrogens with zero attached hydrogens (tertiary/aromatic N) is 2. The molecule has 168 valence electrons. The summed E-state index contributed by atoms with van der Waals surface area (Å²) in [6, 6.07) is 4.01. The third-order valence-corrected chi connectivity index (χ3v) is 5.64. The molecule has 8 nitrogen and oxygen atoms in total. The highest BCUT2D eigenvalue weighted by molar-refractivity contribution is 6.32. The lowest BCUT2D eigenvalue weighted by Gasteiger charge is -2.15. The minimum absolute atomic E-state index is 0.0321. The van der Waals surface area contributed by atoms with Gasteiger partial charge in [-0.1, -0.05) is 24.3 Å². The Bertz CT molecular complexity index is 1170. The molecule has 2 fully saturated rings. The van der Waals surface area contributed by atoms with Crippen LogP contribution in [0.1, 0.15) is 11.1 Å². The second-order valence-corrected chi connectivity index (χ2v) is 7.87. The fourth-order valence-electron chi connectivity index (χ4n) is 3.74. The molecule has 2 saturated heterocycles. The first-order chi connectivity index (χ1) is 15.4. The molecule has 0 amide bonds. The normalized spacial score (nSPS) is 24.6. The molecule has 4 heterocycles. The highest BCUT2D eigenvalue weighted by atomic mass is 35.5. The van der Waals surface area contributed by atoms with Crippen LogP contribution >= 0.6 is 11.6 Å². The van der Waals surface area contributed by atoms with Crippen molar-refractivity contribution in [1.82, 2.24) is 15.0 Å². The smallest absolute Gasteiger partial charge is 0.296 e. The van der Waals surface area contributed by atoms with Crippen molar-refractivity contribution in [2.45, 2.75) is 31.0 Å². The summed E-state index contributed by atoms with van der Waals surface area (Å²) >= 11 is 6.22. The van der Waals surface area contributed by atoms with E-state index >= 15 is 0 Å². The van der Waals surface area contributed by atoms with Crippen molar-refractivity contribution in [1.29, 1.82) is 0 Å². The number of nitrogens with one attached hydrogen (secondary N) is 1. The van der Waals surface area contributed by atoms with E-state index in [1.807, 2.05) is 0 Å². The maximum Gasteiger partial charge on any atom is 0.296 e. The Hall–Kier alpha value is -2.79. The lowest BCUT2D eigenvalue weighted by atomic mass is 10.1. The van der Waals surface area contributed by atoms with Crippen molar-refractivity contribution in [3.8, 4) is 11.9 Å². The molecule has 3 aromatic rings. The number of aromatic nitrogens is 3. The molecule has 2 aliphatic rings.